The second-order valence-corrected chi connectivity index (χ2v) is 7.66. The quantitative estimate of drug-likeness (QED) is 0.726. The lowest BCUT2D eigenvalue weighted by molar-refractivity contribution is -0.125. The molecule has 2 aromatic rings. The number of amides is 1. The van der Waals surface area contributed by atoms with Gasteiger partial charge in [-0.3, -0.25) is 9.69 Å². The average Bonchev–Trinajstić information content (AvgIpc) is 3.30. The van der Waals surface area contributed by atoms with Crippen LogP contribution in [-0.2, 0) is 9.53 Å². The van der Waals surface area contributed by atoms with E-state index in [1.165, 1.54) is 0 Å². The molecule has 2 aliphatic rings. The molecule has 0 unspecified atom stereocenters. The van der Waals surface area contributed by atoms with Gasteiger partial charge in [-0.1, -0.05) is 5.16 Å². The van der Waals surface area contributed by atoms with Crippen LogP contribution in [0.4, 0.5) is 6.01 Å². The summed E-state index contributed by atoms with van der Waals surface area (Å²) in [6.07, 6.45) is 1.79. The maximum absolute atomic E-state index is 12.6. The van der Waals surface area contributed by atoms with Crippen LogP contribution in [-0.4, -0.2) is 80.5 Å². The molecule has 1 aromatic heterocycles. The number of nitrogens with one attached hydrogen (secondary N) is 1. The second-order valence-electron chi connectivity index (χ2n) is 7.66. The van der Waals surface area contributed by atoms with Crippen molar-refractivity contribution in [3.05, 3.63) is 24.3 Å². The molecule has 0 saturated carbocycles. The van der Waals surface area contributed by atoms with Crippen molar-refractivity contribution in [2.45, 2.75) is 12.8 Å². The molecule has 0 spiro atoms. The number of benzene rings is 1. The van der Waals surface area contributed by atoms with Crippen LogP contribution in [0, 0.1) is 5.92 Å². The Bertz CT molecular complexity index is 819. The molecule has 1 aromatic carbocycles. The van der Waals surface area contributed by atoms with Crippen molar-refractivity contribution in [1.29, 1.82) is 0 Å². The smallest absolute Gasteiger partial charge is 0.324 e. The largest absolute Gasteiger partial charge is 0.497 e. The third kappa shape index (κ3) is 5.09. The zero-order valence-corrected chi connectivity index (χ0v) is 17.4. The highest BCUT2D eigenvalue weighted by Gasteiger charge is 2.28. The first-order valence-electron chi connectivity index (χ1n) is 10.5. The summed E-state index contributed by atoms with van der Waals surface area (Å²) in [5.41, 5.74) is 0.861. The molecule has 0 aliphatic carbocycles. The molecule has 162 valence electrons. The lowest BCUT2D eigenvalue weighted by atomic mass is 9.97. The van der Waals surface area contributed by atoms with Crippen LogP contribution in [0.3, 0.4) is 0 Å². The van der Waals surface area contributed by atoms with Gasteiger partial charge in [0.25, 0.3) is 0 Å². The molecule has 2 aliphatic heterocycles. The van der Waals surface area contributed by atoms with Crippen molar-refractivity contribution in [2.75, 3.05) is 64.5 Å². The van der Waals surface area contributed by atoms with Crippen molar-refractivity contribution >= 4 is 11.9 Å². The van der Waals surface area contributed by atoms with Crippen LogP contribution >= 0.6 is 0 Å². The normalized spacial score (nSPS) is 20.2. The Labute approximate surface area is 176 Å². The minimum absolute atomic E-state index is 0.0697. The molecular weight excluding hydrogens is 386 g/mol. The van der Waals surface area contributed by atoms with Crippen LogP contribution in [0.1, 0.15) is 12.8 Å². The van der Waals surface area contributed by atoms with E-state index in [-0.39, 0.29) is 11.8 Å². The number of hydrogen-bond acceptors (Lipinski definition) is 8. The summed E-state index contributed by atoms with van der Waals surface area (Å²) in [4.78, 5) is 21.5. The summed E-state index contributed by atoms with van der Waals surface area (Å²) < 4.78 is 16.0. The Morgan fingerprint density at radius 2 is 2.03 bits per heavy atom. The number of hydrogen-bond donors (Lipinski definition) is 1. The summed E-state index contributed by atoms with van der Waals surface area (Å²) in [7, 11) is 1.63. The monoisotopic (exact) mass is 415 g/mol. The minimum Gasteiger partial charge on any atom is -0.497 e. The summed E-state index contributed by atoms with van der Waals surface area (Å²) >= 11 is 0. The molecule has 9 nitrogen and oxygen atoms in total. The molecule has 0 radical (unpaired) electrons. The maximum atomic E-state index is 12.6. The lowest BCUT2D eigenvalue weighted by Gasteiger charge is -2.31. The summed E-state index contributed by atoms with van der Waals surface area (Å²) in [5, 5.41) is 7.19. The number of methoxy groups -OCH3 is 1. The number of morpholine rings is 1. The molecule has 1 amide bonds. The van der Waals surface area contributed by atoms with Gasteiger partial charge in [0.15, 0.2) is 0 Å². The van der Waals surface area contributed by atoms with Crippen molar-refractivity contribution in [2.24, 2.45) is 5.92 Å². The van der Waals surface area contributed by atoms with E-state index < -0.39 is 0 Å². The summed E-state index contributed by atoms with van der Waals surface area (Å²) in [6.45, 7) is 6.33. The van der Waals surface area contributed by atoms with Crippen molar-refractivity contribution in [3.8, 4) is 17.1 Å². The van der Waals surface area contributed by atoms with E-state index >= 15 is 0 Å². The van der Waals surface area contributed by atoms with Gasteiger partial charge < -0.3 is 24.2 Å². The van der Waals surface area contributed by atoms with Gasteiger partial charge >= 0.3 is 6.01 Å². The fourth-order valence-corrected chi connectivity index (χ4v) is 3.87. The third-order valence-corrected chi connectivity index (χ3v) is 5.66. The SMILES string of the molecule is COc1ccc(-c2noc(N3CCC[C@@H](C(=O)NCCN4CCOCC4)C3)n2)cc1. The number of piperidine rings is 1. The number of carbonyl (C=O) groups excluding carboxylic acids is 1. The number of carbonyl (C=O) groups is 1. The van der Waals surface area contributed by atoms with Gasteiger partial charge in [0.1, 0.15) is 5.75 Å². The highest BCUT2D eigenvalue weighted by molar-refractivity contribution is 5.79. The minimum atomic E-state index is -0.0697. The first-order valence-corrected chi connectivity index (χ1v) is 10.5. The Hall–Kier alpha value is -2.65. The van der Waals surface area contributed by atoms with Crippen LogP contribution in [0.2, 0.25) is 0 Å². The van der Waals surface area contributed by atoms with Crippen LogP contribution in [0.5, 0.6) is 5.75 Å². The van der Waals surface area contributed by atoms with Gasteiger partial charge in [-0.2, -0.15) is 4.98 Å². The lowest BCUT2D eigenvalue weighted by Crippen LogP contribution is -2.46. The molecule has 9 heteroatoms. The van der Waals surface area contributed by atoms with E-state index in [0.29, 0.717) is 24.9 Å². The Balaban J connectivity index is 1.30. The van der Waals surface area contributed by atoms with Gasteiger partial charge in [0.2, 0.25) is 11.7 Å². The first kappa shape index (κ1) is 20.6. The number of nitrogens with zero attached hydrogens (tertiary/aromatic N) is 4. The molecular formula is C21H29N5O4. The topological polar surface area (TPSA) is 93.0 Å². The molecule has 2 fully saturated rings. The molecule has 3 heterocycles. The van der Waals surface area contributed by atoms with Crippen LogP contribution in [0.25, 0.3) is 11.4 Å². The van der Waals surface area contributed by atoms with E-state index in [4.69, 9.17) is 14.0 Å². The number of ether oxygens (including phenoxy) is 2. The van der Waals surface area contributed by atoms with Gasteiger partial charge in [-0.05, 0) is 37.1 Å². The van der Waals surface area contributed by atoms with E-state index in [1.807, 2.05) is 29.2 Å². The van der Waals surface area contributed by atoms with E-state index in [1.54, 1.807) is 7.11 Å². The van der Waals surface area contributed by atoms with Gasteiger partial charge in [0, 0.05) is 44.8 Å². The average molecular weight is 415 g/mol. The summed E-state index contributed by atoms with van der Waals surface area (Å²) in [6, 6.07) is 7.99. The highest BCUT2D eigenvalue weighted by atomic mass is 16.5. The molecule has 30 heavy (non-hydrogen) atoms. The predicted octanol–water partition coefficient (Wildman–Crippen LogP) is 1.41. The third-order valence-electron chi connectivity index (χ3n) is 5.66. The zero-order chi connectivity index (χ0) is 20.8. The zero-order valence-electron chi connectivity index (χ0n) is 17.4. The molecule has 0 bridgehead atoms. The Morgan fingerprint density at radius 3 is 2.80 bits per heavy atom. The van der Waals surface area contributed by atoms with Crippen LogP contribution in [0.15, 0.2) is 28.8 Å². The van der Waals surface area contributed by atoms with Gasteiger partial charge in [-0.15, -0.1) is 0 Å². The molecule has 1 atom stereocenters. The fraction of sp³-hybridized carbons (Fsp3) is 0.571. The second kappa shape index (κ2) is 9.90. The fourth-order valence-electron chi connectivity index (χ4n) is 3.87. The number of rotatable bonds is 7. The molecule has 1 N–H and O–H groups in total. The highest BCUT2D eigenvalue weighted by Crippen LogP contribution is 2.25. The van der Waals surface area contributed by atoms with Crippen molar-refractivity contribution in [1.82, 2.24) is 20.4 Å². The maximum Gasteiger partial charge on any atom is 0.324 e. The van der Waals surface area contributed by atoms with Crippen molar-refractivity contribution in [3.63, 3.8) is 0 Å². The number of aromatic nitrogens is 2. The standard InChI is InChI=1S/C21H29N5O4/c1-28-18-6-4-16(5-7-18)19-23-21(30-24-19)26-9-2-3-17(15-26)20(27)22-8-10-25-11-13-29-14-12-25/h4-7,17H,2-3,8-15H2,1H3,(H,22,27)/t17-/m1/s1. The first-order chi connectivity index (χ1) is 14.7. The Morgan fingerprint density at radius 1 is 1.23 bits per heavy atom. The molecule has 2 saturated heterocycles. The van der Waals surface area contributed by atoms with Gasteiger partial charge in [0.05, 0.1) is 26.2 Å². The number of anilines is 1. The van der Waals surface area contributed by atoms with E-state index in [0.717, 1.165) is 63.5 Å². The van der Waals surface area contributed by atoms with Gasteiger partial charge in [-0.25, -0.2) is 0 Å². The van der Waals surface area contributed by atoms with E-state index in [2.05, 4.69) is 20.4 Å². The predicted molar refractivity (Wildman–Crippen MR) is 111 cm³/mol. The Kier molecular flexibility index (Phi) is 6.81. The molecule has 4 rings (SSSR count). The van der Waals surface area contributed by atoms with E-state index in [9.17, 15) is 4.79 Å². The van der Waals surface area contributed by atoms with Crippen molar-refractivity contribution < 1.29 is 18.8 Å². The summed E-state index contributed by atoms with van der Waals surface area (Å²) in [5.74, 6) is 1.34. The van der Waals surface area contributed by atoms with Crippen LogP contribution < -0.4 is 15.0 Å².